The summed E-state index contributed by atoms with van der Waals surface area (Å²) in [5.74, 6) is 1.02. The van der Waals surface area contributed by atoms with Crippen LogP contribution in [0.3, 0.4) is 0 Å². The number of aromatic hydroxyl groups is 1. The zero-order chi connectivity index (χ0) is 15.2. The van der Waals surface area contributed by atoms with E-state index >= 15 is 0 Å². The van der Waals surface area contributed by atoms with Crippen LogP contribution in [-0.4, -0.2) is 5.11 Å². The van der Waals surface area contributed by atoms with Crippen molar-refractivity contribution in [2.24, 2.45) is 5.92 Å². The molecule has 1 aliphatic rings. The van der Waals surface area contributed by atoms with Gasteiger partial charge in [0.05, 0.1) is 0 Å². The molecule has 0 saturated carbocycles. The van der Waals surface area contributed by atoms with Crippen molar-refractivity contribution in [1.82, 2.24) is 0 Å². The number of phenols is 1. The summed E-state index contributed by atoms with van der Waals surface area (Å²) in [5.41, 5.74) is 3.93. The third kappa shape index (κ3) is 3.75. The lowest BCUT2D eigenvalue weighted by Crippen LogP contribution is -2.14. The first-order chi connectivity index (χ1) is 10.1. The molecule has 0 heterocycles. The second kappa shape index (κ2) is 7.12. The predicted molar refractivity (Wildman–Crippen MR) is 90.4 cm³/mol. The van der Waals surface area contributed by atoms with E-state index < -0.39 is 0 Å². The molecule has 0 radical (unpaired) electrons. The standard InChI is InChI=1S/C20H24O/c1-4-8-15(2)20(18-11-13-19(21)14-12-18)16(3)17-9-6-5-7-10-17/h4,6,8-14,16,20-21H,1,5,7H2,2-3H3/b15-8+. The van der Waals surface area contributed by atoms with Gasteiger partial charge in [-0.25, -0.2) is 0 Å². The molecule has 0 aromatic heterocycles. The van der Waals surface area contributed by atoms with Crippen molar-refractivity contribution in [1.29, 1.82) is 0 Å². The fourth-order valence-electron chi connectivity index (χ4n) is 3.08. The molecule has 0 bridgehead atoms. The molecule has 2 rings (SSSR count). The Morgan fingerprint density at radius 3 is 2.52 bits per heavy atom. The van der Waals surface area contributed by atoms with E-state index in [1.165, 1.54) is 16.7 Å². The van der Waals surface area contributed by atoms with Crippen molar-refractivity contribution < 1.29 is 5.11 Å². The minimum absolute atomic E-state index is 0.303. The van der Waals surface area contributed by atoms with Gasteiger partial charge in [-0.15, -0.1) is 0 Å². The van der Waals surface area contributed by atoms with Gasteiger partial charge in [0.25, 0.3) is 0 Å². The van der Waals surface area contributed by atoms with E-state index in [0.717, 1.165) is 12.8 Å². The highest BCUT2D eigenvalue weighted by Crippen LogP contribution is 2.38. The highest BCUT2D eigenvalue weighted by Gasteiger charge is 2.23. The van der Waals surface area contributed by atoms with E-state index in [2.05, 4.69) is 44.7 Å². The Labute approximate surface area is 128 Å². The quantitative estimate of drug-likeness (QED) is 0.704. The molecule has 21 heavy (non-hydrogen) atoms. The Bertz CT molecular complexity index is 572. The van der Waals surface area contributed by atoms with Crippen LogP contribution in [0.5, 0.6) is 5.75 Å². The molecule has 1 aromatic rings. The third-order valence-electron chi connectivity index (χ3n) is 4.17. The van der Waals surface area contributed by atoms with Crippen LogP contribution in [0.25, 0.3) is 0 Å². The average Bonchev–Trinajstić information content (AvgIpc) is 2.50. The van der Waals surface area contributed by atoms with Crippen LogP contribution < -0.4 is 0 Å². The van der Waals surface area contributed by atoms with E-state index in [4.69, 9.17) is 0 Å². The first-order valence-corrected chi connectivity index (χ1v) is 7.58. The Morgan fingerprint density at radius 1 is 1.24 bits per heavy atom. The number of rotatable bonds is 5. The molecule has 1 aromatic carbocycles. The summed E-state index contributed by atoms with van der Waals surface area (Å²) in [6, 6.07) is 7.57. The van der Waals surface area contributed by atoms with Crippen molar-refractivity contribution in [3.8, 4) is 5.75 Å². The Morgan fingerprint density at radius 2 is 1.95 bits per heavy atom. The van der Waals surface area contributed by atoms with Crippen LogP contribution in [0.15, 0.2) is 72.4 Å². The highest BCUT2D eigenvalue weighted by molar-refractivity contribution is 5.38. The van der Waals surface area contributed by atoms with Crippen molar-refractivity contribution in [3.63, 3.8) is 0 Å². The number of hydrogen-bond acceptors (Lipinski definition) is 1. The van der Waals surface area contributed by atoms with Gasteiger partial charge in [-0.1, -0.05) is 61.6 Å². The Kier molecular flexibility index (Phi) is 5.21. The molecule has 0 amide bonds. The number of hydrogen-bond donors (Lipinski definition) is 1. The average molecular weight is 280 g/mol. The number of benzene rings is 1. The summed E-state index contributed by atoms with van der Waals surface area (Å²) in [4.78, 5) is 0. The predicted octanol–water partition coefficient (Wildman–Crippen LogP) is 5.52. The zero-order valence-corrected chi connectivity index (χ0v) is 12.9. The molecule has 110 valence electrons. The number of phenolic OH excluding ortho intramolecular Hbond substituents is 1. The number of allylic oxidation sites excluding steroid dienone is 7. The largest absolute Gasteiger partial charge is 0.508 e. The summed E-state index contributed by atoms with van der Waals surface area (Å²) >= 11 is 0. The van der Waals surface area contributed by atoms with Crippen LogP contribution in [0, 0.1) is 5.92 Å². The van der Waals surface area contributed by atoms with Crippen LogP contribution in [-0.2, 0) is 0 Å². The lowest BCUT2D eigenvalue weighted by atomic mass is 9.77. The second-order valence-electron chi connectivity index (χ2n) is 5.69. The molecular formula is C20H24O. The van der Waals surface area contributed by atoms with Gasteiger partial charge in [-0.05, 0) is 49.0 Å². The summed E-state index contributed by atoms with van der Waals surface area (Å²) in [7, 11) is 0. The summed E-state index contributed by atoms with van der Waals surface area (Å²) in [6.45, 7) is 8.25. The van der Waals surface area contributed by atoms with Crippen LogP contribution in [0.2, 0.25) is 0 Å². The summed E-state index contributed by atoms with van der Waals surface area (Å²) in [6.07, 6.45) is 13.1. The molecule has 1 nitrogen and oxygen atoms in total. The van der Waals surface area contributed by atoms with Gasteiger partial charge in [-0.2, -0.15) is 0 Å². The van der Waals surface area contributed by atoms with E-state index in [1.54, 1.807) is 12.1 Å². The SMILES string of the molecule is C=C/C=C(\C)C(c1ccc(O)cc1)C(C)C1=CCCC=C1. The second-order valence-corrected chi connectivity index (χ2v) is 5.69. The third-order valence-corrected chi connectivity index (χ3v) is 4.17. The van der Waals surface area contributed by atoms with Crippen molar-refractivity contribution in [2.45, 2.75) is 32.6 Å². The molecule has 0 aliphatic heterocycles. The smallest absolute Gasteiger partial charge is 0.115 e. The minimum atomic E-state index is 0.303. The molecule has 2 unspecified atom stereocenters. The fraction of sp³-hybridized carbons (Fsp3) is 0.300. The highest BCUT2D eigenvalue weighted by atomic mass is 16.3. The molecule has 1 N–H and O–H groups in total. The van der Waals surface area contributed by atoms with E-state index in [9.17, 15) is 5.11 Å². The van der Waals surface area contributed by atoms with Crippen LogP contribution in [0.1, 0.15) is 38.2 Å². The normalized spacial score (nSPS) is 18.0. The van der Waals surface area contributed by atoms with Gasteiger partial charge in [0.15, 0.2) is 0 Å². The Balaban J connectivity index is 2.38. The summed E-state index contributed by atoms with van der Waals surface area (Å²) < 4.78 is 0. The van der Waals surface area contributed by atoms with Gasteiger partial charge < -0.3 is 5.11 Å². The topological polar surface area (TPSA) is 20.2 Å². The van der Waals surface area contributed by atoms with Gasteiger partial charge >= 0.3 is 0 Å². The first-order valence-electron chi connectivity index (χ1n) is 7.58. The summed E-state index contributed by atoms with van der Waals surface area (Å²) in [5, 5.41) is 9.51. The molecule has 2 atom stereocenters. The maximum absolute atomic E-state index is 9.51. The molecule has 0 fully saturated rings. The van der Waals surface area contributed by atoms with E-state index in [0.29, 0.717) is 17.6 Å². The van der Waals surface area contributed by atoms with E-state index in [1.807, 2.05) is 18.2 Å². The van der Waals surface area contributed by atoms with Crippen molar-refractivity contribution in [2.75, 3.05) is 0 Å². The van der Waals surface area contributed by atoms with Gasteiger partial charge in [0.1, 0.15) is 5.75 Å². The molecular weight excluding hydrogens is 256 g/mol. The van der Waals surface area contributed by atoms with Crippen molar-refractivity contribution in [3.05, 3.63) is 77.9 Å². The zero-order valence-electron chi connectivity index (χ0n) is 12.9. The molecule has 0 saturated heterocycles. The van der Waals surface area contributed by atoms with Gasteiger partial charge in [0.2, 0.25) is 0 Å². The lowest BCUT2D eigenvalue weighted by Gasteiger charge is -2.27. The lowest BCUT2D eigenvalue weighted by molar-refractivity contribution is 0.474. The molecule has 0 spiro atoms. The first kappa shape index (κ1) is 15.4. The van der Waals surface area contributed by atoms with E-state index in [-0.39, 0.29) is 0 Å². The van der Waals surface area contributed by atoms with Gasteiger partial charge in [0, 0.05) is 5.92 Å². The molecule has 1 heteroatoms. The van der Waals surface area contributed by atoms with Crippen LogP contribution in [0.4, 0.5) is 0 Å². The molecule has 1 aliphatic carbocycles. The van der Waals surface area contributed by atoms with Crippen molar-refractivity contribution >= 4 is 0 Å². The van der Waals surface area contributed by atoms with Gasteiger partial charge in [-0.3, -0.25) is 0 Å². The van der Waals surface area contributed by atoms with Crippen LogP contribution >= 0.6 is 0 Å². The Hall–Kier alpha value is -2.02. The minimum Gasteiger partial charge on any atom is -0.508 e. The monoisotopic (exact) mass is 280 g/mol. The fourth-order valence-corrected chi connectivity index (χ4v) is 3.08. The maximum Gasteiger partial charge on any atom is 0.115 e. The maximum atomic E-state index is 9.51.